The van der Waals surface area contributed by atoms with Crippen LogP contribution in [0.5, 0.6) is 0 Å². The third kappa shape index (κ3) is 4.68. The highest BCUT2D eigenvalue weighted by molar-refractivity contribution is 9.10. The van der Waals surface area contributed by atoms with Gasteiger partial charge in [0.1, 0.15) is 18.0 Å². The molecule has 0 spiro atoms. The van der Waals surface area contributed by atoms with E-state index in [0.717, 1.165) is 22.5 Å². The largest absolute Gasteiger partial charge is 0.374 e. The number of amides is 2. The molecule has 0 fully saturated rings. The Morgan fingerprint density at radius 3 is 2.63 bits per heavy atom. The number of hydrogen-bond acceptors (Lipinski definition) is 6. The Morgan fingerprint density at radius 1 is 1.21 bits per heavy atom. The van der Waals surface area contributed by atoms with E-state index in [0.29, 0.717) is 40.8 Å². The second-order valence-electron chi connectivity index (χ2n) is 9.91. The molecule has 0 bridgehead atoms. The van der Waals surface area contributed by atoms with Gasteiger partial charge < -0.3 is 20.2 Å². The van der Waals surface area contributed by atoms with Gasteiger partial charge in [-0.15, -0.1) is 0 Å². The number of hydrogen-bond donors (Lipinski definition) is 2. The standard InChI is InChI=1S/C28H29BrN6O3/c1-16-12-25-23(15-34(16)27(37)20-6-9-24(29)21(13-20)14-30)26-28(38)33(10-11-35(26)32-25)17(2)19-4-7-22(8-5-19)31-18(3)36/h4-9,13,16-18,31,36H,10-12,15H2,1-3H3/t16-,17+,18?/m1/s1. The molecular formula is C28H29BrN6O3. The molecule has 2 aliphatic heterocycles. The molecule has 5 rings (SSSR count). The number of benzene rings is 2. The monoisotopic (exact) mass is 576 g/mol. The number of nitrogens with zero attached hydrogens (tertiary/aromatic N) is 5. The van der Waals surface area contributed by atoms with E-state index in [1.807, 2.05) is 43.0 Å². The summed E-state index contributed by atoms with van der Waals surface area (Å²) in [5, 5.41) is 26.6. The summed E-state index contributed by atoms with van der Waals surface area (Å²) in [6, 6.07) is 14.6. The van der Waals surface area contributed by atoms with Crippen molar-refractivity contribution < 1.29 is 14.7 Å². The van der Waals surface area contributed by atoms with Crippen molar-refractivity contribution in [3.63, 3.8) is 0 Å². The fourth-order valence-electron chi connectivity index (χ4n) is 5.27. The number of nitrogens with one attached hydrogen (secondary N) is 1. The van der Waals surface area contributed by atoms with Crippen molar-refractivity contribution >= 4 is 33.4 Å². The lowest BCUT2D eigenvalue weighted by Crippen LogP contribution is -2.44. The Bertz CT molecular complexity index is 1440. The van der Waals surface area contributed by atoms with Gasteiger partial charge in [0.25, 0.3) is 11.8 Å². The first-order valence-corrected chi connectivity index (χ1v) is 13.4. The van der Waals surface area contributed by atoms with Gasteiger partial charge in [0.05, 0.1) is 30.4 Å². The van der Waals surface area contributed by atoms with E-state index in [9.17, 15) is 20.0 Å². The van der Waals surface area contributed by atoms with Crippen LogP contribution in [0.2, 0.25) is 0 Å². The van der Waals surface area contributed by atoms with E-state index >= 15 is 0 Å². The maximum atomic E-state index is 13.8. The summed E-state index contributed by atoms with van der Waals surface area (Å²) >= 11 is 3.34. The Hall–Kier alpha value is -3.68. The number of fused-ring (bicyclic) bond motifs is 3. The quantitative estimate of drug-likeness (QED) is 0.442. The summed E-state index contributed by atoms with van der Waals surface area (Å²) < 4.78 is 2.44. The van der Waals surface area contributed by atoms with Gasteiger partial charge in [-0.3, -0.25) is 14.3 Å². The van der Waals surface area contributed by atoms with Gasteiger partial charge in [-0.05, 0) is 72.6 Å². The first-order valence-electron chi connectivity index (χ1n) is 12.6. The number of aliphatic hydroxyl groups is 1. The van der Waals surface area contributed by atoms with Crippen molar-refractivity contribution in [1.82, 2.24) is 19.6 Å². The van der Waals surface area contributed by atoms with Crippen LogP contribution in [-0.4, -0.2) is 55.3 Å². The molecule has 2 aromatic carbocycles. The van der Waals surface area contributed by atoms with Crippen LogP contribution in [0.1, 0.15) is 70.0 Å². The van der Waals surface area contributed by atoms with Gasteiger partial charge in [0, 0.05) is 40.3 Å². The number of aromatic nitrogens is 2. The smallest absolute Gasteiger partial charge is 0.273 e. The first-order chi connectivity index (χ1) is 18.2. The third-order valence-electron chi connectivity index (χ3n) is 7.33. The maximum Gasteiger partial charge on any atom is 0.273 e. The minimum atomic E-state index is -0.653. The lowest BCUT2D eigenvalue weighted by Gasteiger charge is -2.35. The highest BCUT2D eigenvalue weighted by Crippen LogP contribution is 2.33. The van der Waals surface area contributed by atoms with Crippen molar-refractivity contribution in [2.24, 2.45) is 0 Å². The average Bonchev–Trinajstić information content (AvgIpc) is 3.26. The lowest BCUT2D eigenvalue weighted by molar-refractivity contribution is 0.0605. The third-order valence-corrected chi connectivity index (χ3v) is 8.02. The predicted molar refractivity (Wildman–Crippen MR) is 145 cm³/mol. The van der Waals surface area contributed by atoms with Crippen molar-refractivity contribution in [3.05, 3.63) is 80.6 Å². The van der Waals surface area contributed by atoms with Crippen LogP contribution in [0.4, 0.5) is 5.69 Å². The molecule has 1 aromatic heterocycles. The Balaban J connectivity index is 1.40. The van der Waals surface area contributed by atoms with Crippen LogP contribution in [0, 0.1) is 11.3 Å². The molecule has 0 aliphatic carbocycles. The van der Waals surface area contributed by atoms with Gasteiger partial charge in [0.15, 0.2) is 0 Å². The molecule has 1 unspecified atom stereocenters. The Labute approximate surface area is 229 Å². The van der Waals surface area contributed by atoms with Crippen molar-refractivity contribution in [1.29, 1.82) is 5.26 Å². The zero-order valence-electron chi connectivity index (χ0n) is 21.5. The molecular weight excluding hydrogens is 548 g/mol. The molecule has 0 saturated heterocycles. The molecule has 2 aliphatic rings. The number of aliphatic hydroxyl groups excluding tert-OH is 1. The van der Waals surface area contributed by atoms with E-state index < -0.39 is 6.23 Å². The number of halogens is 1. The number of nitriles is 1. The molecule has 3 atom stereocenters. The van der Waals surface area contributed by atoms with Crippen LogP contribution >= 0.6 is 15.9 Å². The summed E-state index contributed by atoms with van der Waals surface area (Å²) in [7, 11) is 0. The molecule has 9 nitrogen and oxygen atoms in total. The van der Waals surface area contributed by atoms with Crippen LogP contribution in [-0.2, 0) is 19.5 Å². The SMILES string of the molecule is CC(O)Nc1ccc([C@H](C)N2CCn3nc4c(c3C2=O)CN(C(=O)c2ccc(Br)c(C#N)c2)[C@H](C)C4)cc1. The topological polar surface area (TPSA) is 114 Å². The van der Waals surface area contributed by atoms with Crippen LogP contribution in [0.3, 0.4) is 0 Å². The maximum absolute atomic E-state index is 13.8. The van der Waals surface area contributed by atoms with Crippen molar-refractivity contribution in [2.75, 3.05) is 11.9 Å². The Morgan fingerprint density at radius 2 is 1.95 bits per heavy atom. The predicted octanol–water partition coefficient (Wildman–Crippen LogP) is 4.07. The first kappa shape index (κ1) is 25.9. The fourth-order valence-corrected chi connectivity index (χ4v) is 5.60. The normalized spacial score (nSPS) is 18.3. The summed E-state index contributed by atoms with van der Waals surface area (Å²) in [6.45, 7) is 7.05. The molecule has 0 radical (unpaired) electrons. The molecule has 0 saturated carbocycles. The fraction of sp³-hybridized carbons (Fsp3) is 0.357. The highest BCUT2D eigenvalue weighted by atomic mass is 79.9. The van der Waals surface area contributed by atoms with E-state index in [-0.39, 0.29) is 30.4 Å². The highest BCUT2D eigenvalue weighted by Gasteiger charge is 2.38. The average molecular weight is 577 g/mol. The summed E-state index contributed by atoms with van der Waals surface area (Å²) in [5.41, 5.74) is 4.84. The zero-order valence-corrected chi connectivity index (χ0v) is 23.1. The van der Waals surface area contributed by atoms with Gasteiger partial charge in [-0.1, -0.05) is 12.1 Å². The van der Waals surface area contributed by atoms with Crippen LogP contribution in [0.15, 0.2) is 46.9 Å². The molecule has 10 heteroatoms. The molecule has 3 aromatic rings. The van der Waals surface area contributed by atoms with Gasteiger partial charge in [-0.2, -0.15) is 10.4 Å². The molecule has 38 heavy (non-hydrogen) atoms. The minimum Gasteiger partial charge on any atom is -0.374 e. The molecule has 2 amide bonds. The van der Waals surface area contributed by atoms with E-state index in [2.05, 4.69) is 27.3 Å². The Kier molecular flexibility index (Phi) is 6.99. The van der Waals surface area contributed by atoms with Crippen LogP contribution in [0.25, 0.3) is 0 Å². The molecule has 2 N–H and O–H groups in total. The second-order valence-corrected chi connectivity index (χ2v) is 10.8. The van der Waals surface area contributed by atoms with Gasteiger partial charge in [0.2, 0.25) is 0 Å². The van der Waals surface area contributed by atoms with Crippen LogP contribution < -0.4 is 5.32 Å². The number of carbonyl (C=O) groups excluding carboxylic acids is 2. The van der Waals surface area contributed by atoms with Crippen molar-refractivity contribution in [2.45, 2.75) is 58.6 Å². The molecule has 3 heterocycles. The molecule has 196 valence electrons. The zero-order chi connectivity index (χ0) is 27.1. The minimum absolute atomic E-state index is 0.0963. The van der Waals surface area contributed by atoms with E-state index in [4.69, 9.17) is 5.10 Å². The van der Waals surface area contributed by atoms with Gasteiger partial charge in [-0.25, -0.2) is 0 Å². The summed E-state index contributed by atoms with van der Waals surface area (Å²) in [4.78, 5) is 30.9. The number of anilines is 1. The second kappa shape index (κ2) is 10.2. The summed E-state index contributed by atoms with van der Waals surface area (Å²) in [6.07, 6.45) is -0.0942. The summed E-state index contributed by atoms with van der Waals surface area (Å²) in [5.74, 6) is -0.271. The van der Waals surface area contributed by atoms with Gasteiger partial charge >= 0.3 is 0 Å². The number of carbonyl (C=O) groups is 2. The van der Waals surface area contributed by atoms with Crippen molar-refractivity contribution in [3.8, 4) is 6.07 Å². The van der Waals surface area contributed by atoms with E-state index in [1.165, 1.54) is 0 Å². The van der Waals surface area contributed by atoms with E-state index in [1.54, 1.807) is 34.7 Å². The lowest BCUT2D eigenvalue weighted by atomic mass is 9.97. The number of rotatable bonds is 5.